The Kier molecular flexibility index (Phi) is 3.15. The molecule has 94 valence electrons. The van der Waals surface area contributed by atoms with Crippen LogP contribution in [-0.2, 0) is 4.74 Å². The summed E-state index contributed by atoms with van der Waals surface area (Å²) in [6.45, 7) is 11.4. The lowest BCUT2D eigenvalue weighted by atomic mass is 9.87. The first-order chi connectivity index (χ1) is 7.23. The van der Waals surface area contributed by atoms with Gasteiger partial charge in [-0.15, -0.1) is 0 Å². The summed E-state index contributed by atoms with van der Waals surface area (Å²) < 4.78 is 5.62. The highest BCUT2D eigenvalue weighted by Gasteiger charge is 2.51. The van der Waals surface area contributed by atoms with Crippen molar-refractivity contribution in [2.45, 2.75) is 70.1 Å². The van der Waals surface area contributed by atoms with Gasteiger partial charge in [0.05, 0.1) is 19.8 Å². The Balaban J connectivity index is 2.03. The summed E-state index contributed by atoms with van der Waals surface area (Å²) in [4.78, 5) is 10.5. The lowest BCUT2D eigenvalue weighted by Gasteiger charge is -2.43. The quantitative estimate of drug-likeness (QED) is 0.624. The minimum Gasteiger partial charge on any atom is -0.435 e. The Morgan fingerprint density at radius 3 is 2.25 bits per heavy atom. The minimum absolute atomic E-state index is 0.578. The van der Waals surface area contributed by atoms with E-state index in [2.05, 4.69) is 33.1 Å². The van der Waals surface area contributed by atoms with Gasteiger partial charge in [-0.1, -0.05) is 20.0 Å². The zero-order chi connectivity index (χ0) is 12.1. The third-order valence-corrected chi connectivity index (χ3v) is 22.2. The average Bonchev–Trinajstić information content (AvgIpc) is 2.92. The van der Waals surface area contributed by atoms with Crippen LogP contribution in [0.5, 0.6) is 0 Å². The molecule has 1 saturated heterocycles. The third-order valence-electron chi connectivity index (χ3n) is 5.47. The third kappa shape index (κ3) is 2.17. The highest BCUT2D eigenvalue weighted by atomic mass is 29.3. The summed E-state index contributed by atoms with van der Waals surface area (Å²) in [5.74, 6) is 0.810. The van der Waals surface area contributed by atoms with Crippen LogP contribution >= 0.6 is 0 Å². The van der Waals surface area contributed by atoms with E-state index in [9.17, 15) is 4.80 Å². The van der Waals surface area contributed by atoms with Gasteiger partial charge in [0, 0.05) is 0 Å². The Bertz CT molecular complexity index is 273. The lowest BCUT2D eigenvalue weighted by Crippen LogP contribution is -2.59. The van der Waals surface area contributed by atoms with Crippen LogP contribution in [0.4, 0.5) is 0 Å². The van der Waals surface area contributed by atoms with Crippen molar-refractivity contribution in [1.29, 1.82) is 0 Å². The second kappa shape index (κ2) is 3.93. The van der Waals surface area contributed by atoms with Gasteiger partial charge >= 0.3 is 0 Å². The van der Waals surface area contributed by atoms with E-state index in [1.807, 2.05) is 0 Å². The first-order valence-electron chi connectivity index (χ1n) is 6.61. The van der Waals surface area contributed by atoms with Crippen LogP contribution in [0.1, 0.15) is 26.2 Å². The Labute approximate surface area is 101 Å². The predicted octanol–water partition coefficient (Wildman–Crippen LogP) is 2.93. The van der Waals surface area contributed by atoms with E-state index >= 15 is 0 Å². The topological polar surface area (TPSA) is 32.8 Å². The van der Waals surface area contributed by atoms with Gasteiger partial charge in [-0.3, -0.25) is 0 Å². The summed E-state index contributed by atoms with van der Waals surface area (Å²) >= 11 is 0. The van der Waals surface area contributed by atoms with Crippen molar-refractivity contribution in [2.24, 2.45) is 5.92 Å². The van der Waals surface area contributed by atoms with Crippen molar-refractivity contribution in [3.05, 3.63) is 0 Å². The summed E-state index contributed by atoms with van der Waals surface area (Å²) in [6.07, 6.45) is 5.02. The van der Waals surface area contributed by atoms with Gasteiger partial charge in [0.15, 0.2) is 7.83 Å². The first-order valence-corrected chi connectivity index (χ1v) is 13.6. The van der Waals surface area contributed by atoms with E-state index in [1.54, 1.807) is 0 Å². The van der Waals surface area contributed by atoms with Crippen LogP contribution in [-0.4, -0.2) is 32.4 Å². The summed E-state index contributed by atoms with van der Waals surface area (Å²) in [5.41, 5.74) is 0.740. The zero-order valence-electron chi connectivity index (χ0n) is 11.3. The van der Waals surface area contributed by atoms with E-state index in [1.165, 1.54) is 19.3 Å². The van der Waals surface area contributed by atoms with Gasteiger partial charge in [-0.2, -0.15) is 0 Å². The largest absolute Gasteiger partial charge is 0.435 e. The Hall–Kier alpha value is 0.354. The van der Waals surface area contributed by atoms with E-state index in [4.69, 9.17) is 4.74 Å². The fraction of sp³-hybridized carbons (Fsp3) is 1.00. The molecule has 2 rings (SSSR count). The molecule has 2 fully saturated rings. The highest BCUT2D eigenvalue weighted by Crippen LogP contribution is 2.47. The number of fused-ring (bicyclic) bond motifs is 1. The smallest absolute Gasteiger partial charge is 0.169 e. The van der Waals surface area contributed by atoms with Gasteiger partial charge < -0.3 is 9.53 Å². The summed E-state index contributed by atoms with van der Waals surface area (Å²) in [7, 11) is -3.41. The second-order valence-electron chi connectivity index (χ2n) is 6.86. The van der Waals surface area contributed by atoms with Crippen LogP contribution in [0.25, 0.3) is 0 Å². The number of ether oxygens (including phenoxy) is 1. The maximum Gasteiger partial charge on any atom is 0.169 e. The molecule has 0 aromatic heterocycles. The molecule has 4 atom stereocenters. The molecule has 2 nitrogen and oxygen atoms in total. The van der Waals surface area contributed by atoms with E-state index < -0.39 is 15.4 Å². The van der Waals surface area contributed by atoms with Crippen LogP contribution in [0.15, 0.2) is 0 Å². The van der Waals surface area contributed by atoms with Gasteiger partial charge in [0.2, 0.25) is 0 Å². The molecule has 4 unspecified atom stereocenters. The fourth-order valence-electron chi connectivity index (χ4n) is 3.04. The molecular weight excluding hydrogens is 232 g/mol. The lowest BCUT2D eigenvalue weighted by molar-refractivity contribution is 0.355. The van der Waals surface area contributed by atoms with Crippen molar-refractivity contribution in [3.63, 3.8) is 0 Å². The number of hydrogen-bond donors (Lipinski definition) is 1. The van der Waals surface area contributed by atoms with E-state index in [0.717, 1.165) is 11.5 Å². The first kappa shape index (κ1) is 12.8. The zero-order valence-corrected chi connectivity index (χ0v) is 13.3. The number of hydrogen-bond acceptors (Lipinski definition) is 2. The molecule has 1 saturated carbocycles. The fourth-order valence-corrected chi connectivity index (χ4v) is 9.68. The second-order valence-corrected chi connectivity index (χ2v) is 21.9. The van der Waals surface area contributed by atoms with Crippen molar-refractivity contribution in [2.75, 3.05) is 0 Å². The maximum absolute atomic E-state index is 10.5. The SMILES string of the molecule is CC(C1CCC2OC2C1)[Si](C)(C)[Si](C)(C)O. The van der Waals surface area contributed by atoms with Crippen LogP contribution in [0.2, 0.25) is 31.7 Å². The highest BCUT2D eigenvalue weighted by molar-refractivity contribution is 7.38. The molecule has 0 radical (unpaired) electrons. The molecule has 1 aliphatic carbocycles. The minimum atomic E-state index is -1.94. The molecule has 16 heavy (non-hydrogen) atoms. The molecule has 0 aromatic rings. The van der Waals surface area contributed by atoms with Crippen LogP contribution in [0.3, 0.4) is 0 Å². The number of epoxide rings is 1. The molecule has 1 N–H and O–H groups in total. The van der Waals surface area contributed by atoms with Gasteiger partial charge in [0.1, 0.15) is 0 Å². The average molecular weight is 259 g/mol. The number of rotatable bonds is 3. The van der Waals surface area contributed by atoms with Crippen molar-refractivity contribution in [3.8, 4) is 0 Å². The normalized spacial score (nSPS) is 36.8. The van der Waals surface area contributed by atoms with Crippen molar-refractivity contribution >= 4 is 15.4 Å². The van der Waals surface area contributed by atoms with E-state index in [0.29, 0.717) is 12.2 Å². The standard InChI is InChI=1S/C12H26O2Si2/c1-9(15(2,3)16(4,5)13)10-6-7-11-12(8-10)14-11/h9-13H,6-8H2,1-5H3. The van der Waals surface area contributed by atoms with Gasteiger partial charge in [-0.25, -0.2) is 0 Å². The maximum atomic E-state index is 10.5. The van der Waals surface area contributed by atoms with E-state index in [-0.39, 0.29) is 0 Å². The molecule has 2 aliphatic rings. The molecule has 0 aromatic carbocycles. The molecule has 1 heterocycles. The molecule has 4 heteroatoms. The molecule has 0 spiro atoms. The van der Waals surface area contributed by atoms with Gasteiger partial charge in [0.25, 0.3) is 0 Å². The monoisotopic (exact) mass is 258 g/mol. The summed E-state index contributed by atoms with van der Waals surface area (Å²) in [5, 5.41) is 0. The predicted molar refractivity (Wildman–Crippen MR) is 72.6 cm³/mol. The van der Waals surface area contributed by atoms with Crippen LogP contribution < -0.4 is 0 Å². The molecule has 0 amide bonds. The molecule has 1 aliphatic heterocycles. The Morgan fingerprint density at radius 1 is 1.12 bits per heavy atom. The Morgan fingerprint density at radius 2 is 1.75 bits per heavy atom. The van der Waals surface area contributed by atoms with Crippen LogP contribution in [0, 0.1) is 5.92 Å². The molecular formula is C12H26O2Si2. The molecule has 0 bridgehead atoms. The van der Waals surface area contributed by atoms with Crippen molar-refractivity contribution in [1.82, 2.24) is 0 Å². The van der Waals surface area contributed by atoms with Gasteiger partial charge in [-0.05, 0) is 43.8 Å². The summed E-state index contributed by atoms with van der Waals surface area (Å²) in [6, 6.07) is 0. The van der Waals surface area contributed by atoms with Crippen molar-refractivity contribution < 1.29 is 9.53 Å².